The van der Waals surface area contributed by atoms with Crippen LogP contribution in [-0.2, 0) is 0 Å². The van der Waals surface area contributed by atoms with E-state index in [4.69, 9.17) is 0 Å². The van der Waals surface area contributed by atoms with Crippen LogP contribution < -0.4 is 0 Å². The topological polar surface area (TPSA) is 25.8 Å². The summed E-state index contributed by atoms with van der Waals surface area (Å²) in [6, 6.07) is 3.83. The minimum absolute atomic E-state index is 0.947. The van der Waals surface area contributed by atoms with E-state index in [2.05, 4.69) is 16.2 Å². The molecule has 3 heteroatoms. The fourth-order valence-electron chi connectivity index (χ4n) is 0.815. The van der Waals surface area contributed by atoms with Crippen LogP contribution in [0.25, 0.3) is 11.3 Å². The lowest BCUT2D eigenvalue weighted by molar-refractivity contribution is 1.29. The zero-order chi connectivity index (χ0) is 7.52. The fraction of sp³-hybridized carbons (Fsp3) is 0. The Kier molecular flexibility index (Phi) is 1.65. The molecule has 0 atom stereocenters. The van der Waals surface area contributed by atoms with E-state index in [0.717, 1.165) is 11.3 Å². The molecular weight excluding hydrogens is 156 g/mol. The Bertz CT molecular complexity index is 315. The summed E-state index contributed by atoms with van der Waals surface area (Å²) in [5.41, 5.74) is 3.70. The van der Waals surface area contributed by atoms with Gasteiger partial charge >= 0.3 is 0 Å². The zero-order valence-electron chi connectivity index (χ0n) is 5.69. The Balaban J connectivity index is 2.46. The first-order chi connectivity index (χ1) is 5.47. The maximum atomic E-state index is 4.13. The van der Waals surface area contributed by atoms with Crippen LogP contribution in [0.2, 0.25) is 0 Å². The van der Waals surface area contributed by atoms with E-state index in [0.29, 0.717) is 0 Å². The predicted molar refractivity (Wildman–Crippen MR) is 44.2 cm³/mol. The lowest BCUT2D eigenvalue weighted by Crippen LogP contribution is -1.77. The van der Waals surface area contributed by atoms with Crippen molar-refractivity contribution in [3.05, 3.63) is 35.4 Å². The van der Waals surface area contributed by atoms with Gasteiger partial charge in [-0.3, -0.25) is 4.98 Å². The third-order valence-electron chi connectivity index (χ3n) is 1.32. The summed E-state index contributed by atoms with van der Waals surface area (Å²) in [5, 5.41) is 1.98. The second-order valence-corrected chi connectivity index (χ2v) is 2.76. The summed E-state index contributed by atoms with van der Waals surface area (Å²) in [6.45, 7) is 0. The largest absolute Gasteiger partial charge is 0.254 e. The van der Waals surface area contributed by atoms with Crippen LogP contribution in [0, 0.1) is 6.20 Å². The molecule has 0 aliphatic heterocycles. The maximum absolute atomic E-state index is 4.13. The van der Waals surface area contributed by atoms with Gasteiger partial charge in [-0.2, -0.15) is 0 Å². The van der Waals surface area contributed by atoms with Crippen molar-refractivity contribution in [3.63, 3.8) is 0 Å². The standard InChI is InChI=1S/C8H5N2S/c1-2-7(4-9-3-1)8-5-11-6-10-8/h1-3,5-6H. The third kappa shape index (κ3) is 1.28. The van der Waals surface area contributed by atoms with Crippen LogP contribution in [0.5, 0.6) is 0 Å². The van der Waals surface area contributed by atoms with Crippen molar-refractivity contribution in [1.29, 1.82) is 0 Å². The Hall–Kier alpha value is -1.22. The normalized spacial score (nSPS) is 9.82. The molecule has 2 heterocycles. The SMILES string of the molecule is [c]1ncccc1-c1cscn1. The second-order valence-electron chi connectivity index (χ2n) is 2.04. The number of thiazole rings is 1. The van der Waals surface area contributed by atoms with Gasteiger partial charge in [0.05, 0.1) is 17.4 Å². The van der Waals surface area contributed by atoms with E-state index in [-0.39, 0.29) is 0 Å². The summed E-state index contributed by atoms with van der Waals surface area (Å²) in [6.07, 6.45) is 4.57. The molecule has 2 nitrogen and oxygen atoms in total. The van der Waals surface area contributed by atoms with Crippen LogP contribution in [0.1, 0.15) is 0 Å². The Labute approximate surface area is 68.6 Å². The molecule has 11 heavy (non-hydrogen) atoms. The van der Waals surface area contributed by atoms with Crippen molar-refractivity contribution in [2.75, 3.05) is 0 Å². The van der Waals surface area contributed by atoms with Crippen molar-refractivity contribution in [1.82, 2.24) is 9.97 Å². The highest BCUT2D eigenvalue weighted by Crippen LogP contribution is 2.15. The summed E-state index contributed by atoms with van der Waals surface area (Å²) < 4.78 is 0. The highest BCUT2D eigenvalue weighted by atomic mass is 32.1. The molecule has 2 aromatic rings. The number of hydrogen-bond acceptors (Lipinski definition) is 3. The van der Waals surface area contributed by atoms with Gasteiger partial charge in [-0.05, 0) is 12.1 Å². The summed E-state index contributed by atoms with van der Waals surface area (Å²) in [5.74, 6) is 0. The first kappa shape index (κ1) is 6.49. The number of pyridine rings is 1. The molecule has 0 saturated carbocycles. The molecule has 53 valence electrons. The van der Waals surface area contributed by atoms with Crippen molar-refractivity contribution >= 4 is 11.3 Å². The van der Waals surface area contributed by atoms with E-state index in [1.54, 1.807) is 23.0 Å². The second kappa shape index (κ2) is 2.80. The molecule has 0 unspecified atom stereocenters. The number of rotatable bonds is 1. The van der Waals surface area contributed by atoms with E-state index in [9.17, 15) is 0 Å². The molecule has 0 aliphatic carbocycles. The van der Waals surface area contributed by atoms with Crippen LogP contribution >= 0.6 is 11.3 Å². The molecule has 0 N–H and O–H groups in total. The number of aromatic nitrogens is 2. The van der Waals surface area contributed by atoms with Gasteiger partial charge in [-0.25, -0.2) is 4.98 Å². The fourth-order valence-corrected chi connectivity index (χ4v) is 1.37. The average Bonchev–Trinajstić information content (AvgIpc) is 2.58. The van der Waals surface area contributed by atoms with E-state index in [1.807, 2.05) is 17.5 Å². The molecule has 2 aromatic heterocycles. The summed E-state index contributed by atoms with van der Waals surface area (Å²) in [4.78, 5) is 8.01. The zero-order valence-corrected chi connectivity index (χ0v) is 6.51. The van der Waals surface area contributed by atoms with Gasteiger partial charge < -0.3 is 0 Å². The monoisotopic (exact) mass is 161 g/mol. The van der Waals surface area contributed by atoms with E-state index >= 15 is 0 Å². The van der Waals surface area contributed by atoms with Gasteiger partial charge in [0, 0.05) is 17.1 Å². The Morgan fingerprint density at radius 3 is 3.09 bits per heavy atom. The number of nitrogens with zero attached hydrogens (tertiary/aromatic N) is 2. The van der Waals surface area contributed by atoms with Gasteiger partial charge in [0.1, 0.15) is 0 Å². The van der Waals surface area contributed by atoms with Gasteiger partial charge in [-0.15, -0.1) is 11.3 Å². The molecule has 0 spiro atoms. The molecular formula is C8H5N2S. The molecule has 0 aliphatic rings. The average molecular weight is 161 g/mol. The molecule has 0 fully saturated rings. The van der Waals surface area contributed by atoms with Crippen LogP contribution in [-0.4, -0.2) is 9.97 Å². The quantitative estimate of drug-likeness (QED) is 0.639. The first-order valence-corrected chi connectivity index (χ1v) is 4.12. The number of hydrogen-bond donors (Lipinski definition) is 0. The van der Waals surface area contributed by atoms with Crippen LogP contribution in [0.3, 0.4) is 0 Å². The lowest BCUT2D eigenvalue weighted by Gasteiger charge is -1.90. The van der Waals surface area contributed by atoms with Crippen molar-refractivity contribution in [2.24, 2.45) is 0 Å². The molecule has 0 aromatic carbocycles. The van der Waals surface area contributed by atoms with Gasteiger partial charge in [-0.1, -0.05) is 0 Å². The lowest BCUT2D eigenvalue weighted by atomic mass is 10.2. The predicted octanol–water partition coefficient (Wildman–Crippen LogP) is 2.01. The minimum atomic E-state index is 0.947. The van der Waals surface area contributed by atoms with Crippen molar-refractivity contribution in [2.45, 2.75) is 0 Å². The van der Waals surface area contributed by atoms with E-state index < -0.39 is 0 Å². The maximum Gasteiger partial charge on any atom is 0.0987 e. The Morgan fingerprint density at radius 1 is 1.45 bits per heavy atom. The molecule has 0 amide bonds. The van der Waals surface area contributed by atoms with Crippen LogP contribution in [0.4, 0.5) is 0 Å². The van der Waals surface area contributed by atoms with Gasteiger partial charge in [0.2, 0.25) is 0 Å². The third-order valence-corrected chi connectivity index (χ3v) is 1.90. The first-order valence-electron chi connectivity index (χ1n) is 3.18. The van der Waals surface area contributed by atoms with Crippen molar-refractivity contribution in [3.8, 4) is 11.3 Å². The van der Waals surface area contributed by atoms with Gasteiger partial charge in [0.15, 0.2) is 0 Å². The smallest absolute Gasteiger partial charge is 0.0987 e. The molecule has 0 bridgehead atoms. The highest BCUT2D eigenvalue weighted by molar-refractivity contribution is 7.07. The van der Waals surface area contributed by atoms with E-state index in [1.165, 1.54) is 0 Å². The van der Waals surface area contributed by atoms with Crippen LogP contribution in [0.15, 0.2) is 29.2 Å². The minimum Gasteiger partial charge on any atom is -0.254 e. The summed E-state index contributed by atoms with van der Waals surface area (Å²) >= 11 is 1.58. The highest BCUT2D eigenvalue weighted by Gasteiger charge is 1.97. The van der Waals surface area contributed by atoms with Crippen molar-refractivity contribution < 1.29 is 0 Å². The summed E-state index contributed by atoms with van der Waals surface area (Å²) in [7, 11) is 0. The molecule has 1 radical (unpaired) electrons. The van der Waals surface area contributed by atoms with Gasteiger partial charge in [0.25, 0.3) is 0 Å². The molecule has 0 saturated heterocycles. The molecule has 2 rings (SSSR count). The Morgan fingerprint density at radius 2 is 2.45 bits per heavy atom.